The fourth-order valence-corrected chi connectivity index (χ4v) is 1.63. The number of aliphatic hydroxyl groups is 2. The lowest BCUT2D eigenvalue weighted by Gasteiger charge is -2.21. The molecule has 0 aliphatic heterocycles. The molecule has 0 spiro atoms. The summed E-state index contributed by atoms with van der Waals surface area (Å²) in [4.78, 5) is 11.5. The van der Waals surface area contributed by atoms with Crippen LogP contribution < -0.4 is 0 Å². The van der Waals surface area contributed by atoms with Crippen LogP contribution in [0.5, 0.6) is 0 Å². The summed E-state index contributed by atoms with van der Waals surface area (Å²) >= 11 is 0. The van der Waals surface area contributed by atoms with E-state index in [1.165, 1.54) is 4.68 Å². The topological polar surface area (TPSA) is 84.6 Å². The van der Waals surface area contributed by atoms with Crippen LogP contribution in [0.2, 0.25) is 0 Å². The first kappa shape index (κ1) is 15.7. The van der Waals surface area contributed by atoms with Crippen molar-refractivity contribution < 1.29 is 19.7 Å². The molecule has 19 heavy (non-hydrogen) atoms. The van der Waals surface area contributed by atoms with Crippen LogP contribution in [0.25, 0.3) is 0 Å². The van der Waals surface area contributed by atoms with Crippen LogP contribution in [0, 0.1) is 6.20 Å². The number of rotatable bonds is 6. The van der Waals surface area contributed by atoms with E-state index in [1.807, 2.05) is 0 Å². The van der Waals surface area contributed by atoms with E-state index in [2.05, 4.69) is 11.3 Å². The number of aromatic nitrogens is 2. The van der Waals surface area contributed by atoms with Gasteiger partial charge in [0.15, 0.2) is 0 Å². The van der Waals surface area contributed by atoms with Crippen molar-refractivity contribution in [3.05, 3.63) is 18.5 Å². The van der Waals surface area contributed by atoms with E-state index in [4.69, 9.17) is 4.74 Å². The van der Waals surface area contributed by atoms with Gasteiger partial charge in [-0.15, -0.1) is 0 Å². The van der Waals surface area contributed by atoms with Gasteiger partial charge in [-0.3, -0.25) is 9.48 Å². The molecule has 0 bridgehead atoms. The summed E-state index contributed by atoms with van der Waals surface area (Å²) in [6, 6.07) is 1.63. The fourth-order valence-electron chi connectivity index (χ4n) is 1.63. The van der Waals surface area contributed by atoms with Gasteiger partial charge in [0.05, 0.1) is 25.2 Å². The van der Waals surface area contributed by atoms with E-state index in [9.17, 15) is 15.0 Å². The Morgan fingerprint density at radius 2 is 2.11 bits per heavy atom. The molecule has 2 N–H and O–H groups in total. The first-order valence-corrected chi connectivity index (χ1v) is 6.24. The molecule has 107 valence electrons. The molecule has 6 heteroatoms. The van der Waals surface area contributed by atoms with Crippen molar-refractivity contribution in [2.75, 3.05) is 0 Å². The SMILES string of the molecule is CC(C)(C)OC(=O)C[C@H](O)C[C@@H](O)Cn1cc[c]n1. The van der Waals surface area contributed by atoms with Gasteiger partial charge in [-0.2, -0.15) is 5.10 Å². The summed E-state index contributed by atoms with van der Waals surface area (Å²) in [6.45, 7) is 5.55. The highest BCUT2D eigenvalue weighted by Gasteiger charge is 2.21. The van der Waals surface area contributed by atoms with E-state index in [-0.39, 0.29) is 19.4 Å². The fraction of sp³-hybridized carbons (Fsp3) is 0.692. The van der Waals surface area contributed by atoms with Gasteiger partial charge in [0.25, 0.3) is 0 Å². The number of nitrogens with zero attached hydrogens (tertiary/aromatic N) is 2. The Kier molecular flexibility index (Phi) is 5.50. The minimum absolute atomic E-state index is 0.0963. The van der Waals surface area contributed by atoms with E-state index < -0.39 is 23.8 Å². The Morgan fingerprint density at radius 1 is 1.42 bits per heavy atom. The summed E-state index contributed by atoms with van der Waals surface area (Å²) < 4.78 is 6.61. The van der Waals surface area contributed by atoms with E-state index in [1.54, 1.807) is 33.0 Å². The lowest BCUT2D eigenvalue weighted by molar-refractivity contribution is -0.157. The van der Waals surface area contributed by atoms with Gasteiger partial charge in [-0.25, -0.2) is 0 Å². The predicted molar refractivity (Wildman–Crippen MR) is 68.2 cm³/mol. The summed E-state index contributed by atoms with van der Waals surface area (Å²) in [5.74, 6) is -0.473. The van der Waals surface area contributed by atoms with Crippen molar-refractivity contribution >= 4 is 5.97 Å². The predicted octanol–water partition coefficient (Wildman–Crippen LogP) is 0.527. The number of esters is 1. The molecule has 2 atom stereocenters. The van der Waals surface area contributed by atoms with Gasteiger partial charge >= 0.3 is 5.97 Å². The molecule has 0 aromatic carbocycles. The van der Waals surface area contributed by atoms with Crippen LogP contribution in [0.3, 0.4) is 0 Å². The van der Waals surface area contributed by atoms with Crippen LogP contribution in [0.15, 0.2) is 12.3 Å². The van der Waals surface area contributed by atoms with Gasteiger partial charge in [0.1, 0.15) is 11.8 Å². The minimum atomic E-state index is -0.926. The zero-order valence-corrected chi connectivity index (χ0v) is 11.5. The van der Waals surface area contributed by atoms with Gasteiger partial charge in [0.2, 0.25) is 0 Å². The molecule has 6 nitrogen and oxygen atoms in total. The molecule has 1 heterocycles. The zero-order chi connectivity index (χ0) is 14.5. The van der Waals surface area contributed by atoms with Crippen molar-refractivity contribution in [2.24, 2.45) is 0 Å². The van der Waals surface area contributed by atoms with Crippen molar-refractivity contribution in [1.82, 2.24) is 9.78 Å². The largest absolute Gasteiger partial charge is 0.460 e. The number of aliphatic hydroxyl groups excluding tert-OH is 2. The number of carbonyl (C=O) groups excluding carboxylic acids is 1. The molecule has 1 rings (SSSR count). The zero-order valence-electron chi connectivity index (χ0n) is 11.5. The average molecular weight is 269 g/mol. The molecular formula is C13H21N2O4. The maximum absolute atomic E-state index is 11.5. The van der Waals surface area contributed by atoms with Gasteiger partial charge in [-0.1, -0.05) is 0 Å². The van der Waals surface area contributed by atoms with Crippen LogP contribution in [-0.4, -0.2) is 43.8 Å². The van der Waals surface area contributed by atoms with Crippen LogP contribution in [0.1, 0.15) is 33.6 Å². The molecule has 1 aromatic heterocycles. The summed E-state index contributed by atoms with van der Waals surface area (Å²) in [6.07, 6.45) is 2.55. The molecule has 0 aliphatic carbocycles. The second-order valence-electron chi connectivity index (χ2n) is 5.50. The van der Waals surface area contributed by atoms with Crippen molar-refractivity contribution in [3.8, 4) is 0 Å². The third-order valence-electron chi connectivity index (χ3n) is 2.27. The number of carbonyl (C=O) groups is 1. The van der Waals surface area contributed by atoms with Crippen molar-refractivity contribution in [3.63, 3.8) is 0 Å². The number of ether oxygens (including phenoxy) is 1. The number of hydrogen-bond donors (Lipinski definition) is 2. The third-order valence-corrected chi connectivity index (χ3v) is 2.27. The Morgan fingerprint density at radius 3 is 2.63 bits per heavy atom. The molecule has 0 aliphatic rings. The molecule has 0 unspecified atom stereocenters. The normalized spacial score (nSPS) is 15.0. The summed E-state index contributed by atoms with van der Waals surface area (Å²) in [5, 5.41) is 23.3. The second-order valence-corrected chi connectivity index (χ2v) is 5.50. The Labute approximate surface area is 113 Å². The van der Waals surface area contributed by atoms with Gasteiger partial charge < -0.3 is 14.9 Å². The molecule has 0 saturated carbocycles. The highest BCUT2D eigenvalue weighted by molar-refractivity contribution is 5.70. The maximum atomic E-state index is 11.5. The molecule has 1 radical (unpaired) electrons. The van der Waals surface area contributed by atoms with Crippen LogP contribution in [-0.2, 0) is 16.1 Å². The lowest BCUT2D eigenvalue weighted by atomic mass is 10.1. The first-order chi connectivity index (χ1) is 8.76. The Balaban J connectivity index is 2.30. The smallest absolute Gasteiger partial charge is 0.308 e. The Hall–Kier alpha value is -1.40. The van der Waals surface area contributed by atoms with Crippen molar-refractivity contribution in [2.45, 2.75) is 58.0 Å². The first-order valence-electron chi connectivity index (χ1n) is 6.24. The quantitative estimate of drug-likeness (QED) is 0.736. The molecule has 1 aromatic rings. The highest BCUT2D eigenvalue weighted by Crippen LogP contribution is 2.11. The third kappa shape index (κ3) is 6.93. The lowest BCUT2D eigenvalue weighted by Crippen LogP contribution is -2.29. The monoisotopic (exact) mass is 269 g/mol. The van der Waals surface area contributed by atoms with Crippen molar-refractivity contribution in [1.29, 1.82) is 0 Å². The standard InChI is InChI=1S/C13H21N2O4/c1-13(2,3)19-12(18)8-10(16)7-11(17)9-15-6-4-5-14-15/h4,6,10-11,16-17H,7-9H2,1-3H3/t10-,11-/m1/s1. The molecule has 0 amide bonds. The number of hydrogen-bond acceptors (Lipinski definition) is 5. The average Bonchev–Trinajstić information content (AvgIpc) is 2.65. The van der Waals surface area contributed by atoms with Crippen LogP contribution >= 0.6 is 0 Å². The molecular weight excluding hydrogens is 248 g/mol. The highest BCUT2D eigenvalue weighted by atomic mass is 16.6. The van der Waals surface area contributed by atoms with E-state index in [0.717, 1.165) is 0 Å². The summed E-state index contributed by atoms with van der Waals surface area (Å²) in [7, 11) is 0. The summed E-state index contributed by atoms with van der Waals surface area (Å²) in [5.41, 5.74) is -0.569. The van der Waals surface area contributed by atoms with Crippen LogP contribution in [0.4, 0.5) is 0 Å². The minimum Gasteiger partial charge on any atom is -0.460 e. The molecule has 0 saturated heterocycles. The van der Waals surface area contributed by atoms with Gasteiger partial charge in [-0.05, 0) is 26.8 Å². The molecule has 0 fully saturated rings. The maximum Gasteiger partial charge on any atom is 0.308 e. The Bertz CT molecular complexity index is 384. The van der Waals surface area contributed by atoms with E-state index >= 15 is 0 Å². The van der Waals surface area contributed by atoms with E-state index in [0.29, 0.717) is 0 Å². The van der Waals surface area contributed by atoms with Gasteiger partial charge in [0, 0.05) is 12.6 Å². The second kappa shape index (κ2) is 6.68.